The van der Waals surface area contributed by atoms with E-state index in [4.69, 9.17) is 9.47 Å². The van der Waals surface area contributed by atoms with Gasteiger partial charge in [0.25, 0.3) is 5.69 Å². The van der Waals surface area contributed by atoms with Crippen LogP contribution < -0.4 is 9.47 Å². The fraction of sp³-hybridized carbons (Fsp3) is 0.357. The first-order valence-corrected chi connectivity index (χ1v) is 12.8. The Kier molecular flexibility index (Phi) is 11.2. The molecule has 0 aliphatic carbocycles. The van der Waals surface area contributed by atoms with Crippen molar-refractivity contribution >= 4 is 22.7 Å². The van der Waals surface area contributed by atoms with Crippen molar-refractivity contribution in [3.05, 3.63) is 92.5 Å². The number of hydrogen-bond donors (Lipinski definition) is 0. The van der Waals surface area contributed by atoms with E-state index in [0.29, 0.717) is 19.6 Å². The van der Waals surface area contributed by atoms with E-state index in [1.807, 2.05) is 36.4 Å². The summed E-state index contributed by atoms with van der Waals surface area (Å²) in [5.74, 6) is 0.798. The number of azo groups is 1. The summed E-state index contributed by atoms with van der Waals surface area (Å²) in [4.78, 5) is 20.6. The SMILES string of the molecule is CCCCc1cccc(N=Nc2ccc(OCCCCCCOc3ccc([N+](=O)[O-])cc3[N+](=O)[O-])cc2)c1. The standard InChI is InChI=1S/C28H32N4O6/c1-2-3-9-22-10-8-11-24(20-22)30-29-23-12-15-26(16-13-23)37-18-6-4-5-7-19-38-28-17-14-25(31(33)34)21-27(28)32(35)36/h8,10-17,20-21H,2-7,9,18-19H2,1H3. The van der Waals surface area contributed by atoms with Crippen LogP contribution in [0.4, 0.5) is 22.7 Å². The fourth-order valence-electron chi connectivity index (χ4n) is 3.69. The Morgan fingerprint density at radius 3 is 2.13 bits per heavy atom. The average molecular weight is 521 g/mol. The minimum absolute atomic E-state index is 0.0346. The normalized spacial score (nSPS) is 11.0. The van der Waals surface area contributed by atoms with Crippen molar-refractivity contribution in [3.63, 3.8) is 0 Å². The first-order chi connectivity index (χ1) is 18.5. The molecule has 10 heteroatoms. The number of nitro groups is 2. The molecule has 3 aromatic rings. The number of unbranched alkanes of at least 4 members (excludes halogenated alkanes) is 4. The Morgan fingerprint density at radius 1 is 0.737 bits per heavy atom. The summed E-state index contributed by atoms with van der Waals surface area (Å²) in [6, 6.07) is 19.0. The molecular formula is C28H32N4O6. The molecule has 0 unspecified atom stereocenters. The smallest absolute Gasteiger partial charge is 0.317 e. The topological polar surface area (TPSA) is 129 Å². The minimum atomic E-state index is -0.678. The lowest BCUT2D eigenvalue weighted by molar-refractivity contribution is -0.394. The lowest BCUT2D eigenvalue weighted by atomic mass is 10.1. The predicted octanol–water partition coefficient (Wildman–Crippen LogP) is 8.28. The Hall–Kier alpha value is -4.34. The lowest BCUT2D eigenvalue weighted by Crippen LogP contribution is -2.02. The number of nitro benzene ring substituents is 2. The molecule has 0 spiro atoms. The van der Waals surface area contributed by atoms with Crippen LogP contribution in [-0.4, -0.2) is 23.1 Å². The first-order valence-electron chi connectivity index (χ1n) is 12.8. The van der Waals surface area contributed by atoms with Crippen LogP contribution in [-0.2, 0) is 6.42 Å². The molecule has 0 heterocycles. The van der Waals surface area contributed by atoms with Gasteiger partial charge in [0.2, 0.25) is 0 Å². The quantitative estimate of drug-likeness (QED) is 0.0808. The van der Waals surface area contributed by atoms with E-state index in [0.717, 1.165) is 61.7 Å². The Bertz CT molecular complexity index is 1230. The van der Waals surface area contributed by atoms with Crippen LogP contribution in [0.25, 0.3) is 0 Å². The Morgan fingerprint density at radius 2 is 1.45 bits per heavy atom. The summed E-state index contributed by atoms with van der Waals surface area (Å²) in [6.07, 6.45) is 6.71. The molecule has 0 aromatic heterocycles. The van der Waals surface area contributed by atoms with Crippen molar-refractivity contribution in [2.45, 2.75) is 51.9 Å². The van der Waals surface area contributed by atoms with E-state index in [1.165, 1.54) is 17.7 Å². The maximum absolute atomic E-state index is 11.2. The summed E-state index contributed by atoms with van der Waals surface area (Å²) < 4.78 is 11.3. The third kappa shape index (κ3) is 9.27. The van der Waals surface area contributed by atoms with E-state index in [2.05, 4.69) is 29.3 Å². The van der Waals surface area contributed by atoms with E-state index in [1.54, 1.807) is 0 Å². The Balaban J connectivity index is 1.33. The molecule has 200 valence electrons. The second-order valence-electron chi connectivity index (χ2n) is 8.74. The molecule has 0 fully saturated rings. The summed E-state index contributed by atoms with van der Waals surface area (Å²) in [5.41, 5.74) is 2.12. The van der Waals surface area contributed by atoms with Gasteiger partial charge in [-0.25, -0.2) is 0 Å². The molecule has 0 atom stereocenters. The molecule has 0 aliphatic rings. The number of aryl methyl sites for hydroxylation is 1. The van der Waals surface area contributed by atoms with Crippen LogP contribution in [0.15, 0.2) is 77.0 Å². The van der Waals surface area contributed by atoms with Crippen molar-refractivity contribution in [3.8, 4) is 11.5 Å². The third-order valence-corrected chi connectivity index (χ3v) is 5.76. The Labute approximate surface area is 221 Å². The molecule has 0 N–H and O–H groups in total. The van der Waals surface area contributed by atoms with Crippen LogP contribution in [0.2, 0.25) is 0 Å². The van der Waals surface area contributed by atoms with Crippen molar-refractivity contribution < 1.29 is 19.3 Å². The van der Waals surface area contributed by atoms with Gasteiger partial charge in [0.05, 0.1) is 40.5 Å². The number of hydrogen-bond acceptors (Lipinski definition) is 8. The molecule has 0 radical (unpaired) electrons. The molecule has 0 saturated carbocycles. The van der Waals surface area contributed by atoms with Crippen molar-refractivity contribution in [2.24, 2.45) is 10.2 Å². The highest BCUT2D eigenvalue weighted by Crippen LogP contribution is 2.31. The van der Waals surface area contributed by atoms with E-state index >= 15 is 0 Å². The first kappa shape index (κ1) is 28.2. The number of ether oxygens (including phenoxy) is 2. The monoisotopic (exact) mass is 520 g/mol. The van der Waals surface area contributed by atoms with Crippen LogP contribution >= 0.6 is 0 Å². The number of non-ortho nitro benzene ring substituents is 1. The van der Waals surface area contributed by atoms with Crippen LogP contribution in [0, 0.1) is 20.2 Å². The molecule has 3 aromatic carbocycles. The lowest BCUT2D eigenvalue weighted by Gasteiger charge is -2.08. The molecule has 0 saturated heterocycles. The zero-order valence-electron chi connectivity index (χ0n) is 21.5. The molecule has 0 amide bonds. The van der Waals surface area contributed by atoms with Crippen molar-refractivity contribution in [1.82, 2.24) is 0 Å². The van der Waals surface area contributed by atoms with Crippen LogP contribution in [0.1, 0.15) is 51.0 Å². The zero-order chi connectivity index (χ0) is 27.2. The van der Waals surface area contributed by atoms with E-state index in [9.17, 15) is 20.2 Å². The highest BCUT2D eigenvalue weighted by atomic mass is 16.6. The largest absolute Gasteiger partial charge is 0.494 e. The number of benzene rings is 3. The van der Waals surface area contributed by atoms with Gasteiger partial charge >= 0.3 is 5.69 Å². The van der Waals surface area contributed by atoms with Gasteiger partial charge in [0.1, 0.15) is 5.75 Å². The van der Waals surface area contributed by atoms with Gasteiger partial charge < -0.3 is 9.47 Å². The van der Waals surface area contributed by atoms with Crippen LogP contribution in [0.3, 0.4) is 0 Å². The summed E-state index contributed by atoms with van der Waals surface area (Å²) in [5, 5.41) is 30.6. The predicted molar refractivity (Wildman–Crippen MR) is 145 cm³/mol. The van der Waals surface area contributed by atoms with Crippen molar-refractivity contribution in [2.75, 3.05) is 13.2 Å². The fourth-order valence-corrected chi connectivity index (χ4v) is 3.69. The molecule has 0 bridgehead atoms. The highest BCUT2D eigenvalue weighted by molar-refractivity contribution is 5.53. The van der Waals surface area contributed by atoms with Crippen molar-refractivity contribution in [1.29, 1.82) is 0 Å². The van der Waals surface area contributed by atoms with Gasteiger partial charge in [-0.15, -0.1) is 0 Å². The highest BCUT2D eigenvalue weighted by Gasteiger charge is 2.20. The van der Waals surface area contributed by atoms with Gasteiger partial charge in [-0.05, 0) is 86.6 Å². The summed E-state index contributed by atoms with van der Waals surface area (Å²) in [7, 11) is 0. The maximum atomic E-state index is 11.2. The maximum Gasteiger partial charge on any atom is 0.317 e. The van der Waals surface area contributed by atoms with Crippen LogP contribution in [0.5, 0.6) is 11.5 Å². The van der Waals surface area contributed by atoms with E-state index < -0.39 is 15.5 Å². The second-order valence-corrected chi connectivity index (χ2v) is 8.74. The summed E-state index contributed by atoms with van der Waals surface area (Å²) in [6.45, 7) is 3.04. The molecule has 3 rings (SSSR count). The van der Waals surface area contributed by atoms with Gasteiger partial charge in [0.15, 0.2) is 5.75 Å². The average Bonchev–Trinajstić information content (AvgIpc) is 2.93. The second kappa shape index (κ2) is 15.0. The van der Waals surface area contributed by atoms with Gasteiger partial charge in [0, 0.05) is 6.07 Å². The van der Waals surface area contributed by atoms with Gasteiger partial charge in [-0.1, -0.05) is 25.5 Å². The molecule has 38 heavy (non-hydrogen) atoms. The third-order valence-electron chi connectivity index (χ3n) is 5.76. The van der Waals surface area contributed by atoms with E-state index in [-0.39, 0.29) is 11.4 Å². The number of nitrogens with zero attached hydrogens (tertiary/aromatic N) is 4. The summed E-state index contributed by atoms with van der Waals surface area (Å²) >= 11 is 0. The van der Waals surface area contributed by atoms with Gasteiger partial charge in [-0.3, -0.25) is 20.2 Å². The number of rotatable bonds is 16. The zero-order valence-corrected chi connectivity index (χ0v) is 21.5. The van der Waals surface area contributed by atoms with Gasteiger partial charge in [-0.2, -0.15) is 10.2 Å². The molecular weight excluding hydrogens is 488 g/mol. The molecule has 0 aliphatic heterocycles. The molecule has 10 nitrogen and oxygen atoms in total. The minimum Gasteiger partial charge on any atom is -0.494 e.